The summed E-state index contributed by atoms with van der Waals surface area (Å²) >= 11 is 0. The van der Waals surface area contributed by atoms with Crippen molar-refractivity contribution >= 4 is 0 Å². The molecule has 0 unspecified atom stereocenters. The first-order valence-electron chi connectivity index (χ1n) is 6.68. The Morgan fingerprint density at radius 3 is 2.24 bits per heavy atom. The molecule has 0 spiro atoms. The molecule has 0 heterocycles. The Kier molecular flexibility index (Phi) is 13.9. The van der Waals surface area contributed by atoms with Crippen LogP contribution in [0.1, 0.15) is 58.3 Å². The lowest BCUT2D eigenvalue weighted by molar-refractivity contribution is 0.589. The molecule has 0 saturated carbocycles. The molecule has 0 aliphatic carbocycles. The molecule has 0 amide bonds. The molecule has 2 radical (unpaired) electrons. The molecule has 0 aliphatic rings. The van der Waals surface area contributed by atoms with Gasteiger partial charge < -0.3 is 0 Å². The second-order valence-electron chi connectivity index (χ2n) is 4.06. The van der Waals surface area contributed by atoms with Gasteiger partial charge in [0, 0.05) is 6.42 Å². The molecule has 0 rings (SSSR count). The van der Waals surface area contributed by atoms with Crippen LogP contribution in [0.5, 0.6) is 0 Å². The van der Waals surface area contributed by atoms with Crippen molar-refractivity contribution in [3.63, 3.8) is 0 Å². The van der Waals surface area contributed by atoms with E-state index in [2.05, 4.69) is 37.2 Å². The van der Waals surface area contributed by atoms with E-state index in [1.165, 1.54) is 44.9 Å². The van der Waals surface area contributed by atoms with E-state index in [0.29, 0.717) is 0 Å². The first-order chi connectivity index (χ1) is 8.41. The molecule has 0 aliphatic heterocycles. The zero-order valence-electron chi connectivity index (χ0n) is 11.1. The maximum Gasteiger partial charge on any atom is 0.0563 e. The molecule has 0 nitrogen and oxygen atoms in total. The van der Waals surface area contributed by atoms with Crippen molar-refractivity contribution in [1.29, 1.82) is 0 Å². The monoisotopic (exact) mass is 228 g/mol. The van der Waals surface area contributed by atoms with Gasteiger partial charge in [-0.3, -0.25) is 0 Å². The predicted octanol–water partition coefficient (Wildman–Crippen LogP) is 4.73. The highest BCUT2D eigenvalue weighted by molar-refractivity contribution is 5.32. The Morgan fingerprint density at radius 2 is 1.53 bits per heavy atom. The van der Waals surface area contributed by atoms with E-state index in [1.807, 2.05) is 6.42 Å². The van der Waals surface area contributed by atoms with Gasteiger partial charge in [0.25, 0.3) is 0 Å². The number of hydrogen-bond donors (Lipinski definition) is 0. The lowest BCUT2D eigenvalue weighted by Crippen LogP contribution is -1.80. The second kappa shape index (κ2) is 14.9. The maximum absolute atomic E-state index is 3.54. The molecule has 0 aromatic rings. The van der Waals surface area contributed by atoms with Gasteiger partial charge in [0.15, 0.2) is 0 Å². The topological polar surface area (TPSA) is 0 Å². The summed E-state index contributed by atoms with van der Waals surface area (Å²) in [5.74, 6) is 11.3. The normalized spacial score (nSPS) is 8.76. The van der Waals surface area contributed by atoms with Crippen LogP contribution >= 0.6 is 0 Å². The van der Waals surface area contributed by atoms with Gasteiger partial charge >= 0.3 is 0 Å². The van der Waals surface area contributed by atoms with Crippen LogP contribution in [0.4, 0.5) is 0 Å². The number of unbranched alkanes of at least 4 members (excludes halogenated alkanes) is 8. The average Bonchev–Trinajstić information content (AvgIpc) is 2.35. The Labute approximate surface area is 108 Å². The van der Waals surface area contributed by atoms with E-state index in [-0.39, 0.29) is 0 Å². The summed E-state index contributed by atoms with van der Waals surface area (Å²) in [6.45, 7) is 5.79. The first-order valence-corrected chi connectivity index (χ1v) is 6.68. The Balaban J connectivity index is 3.18. The molecule has 0 N–H and O–H groups in total. The highest BCUT2D eigenvalue weighted by atomic mass is 14.0. The van der Waals surface area contributed by atoms with Crippen molar-refractivity contribution < 1.29 is 0 Å². The van der Waals surface area contributed by atoms with Gasteiger partial charge in [0.05, 0.1) is 6.42 Å². The van der Waals surface area contributed by atoms with Gasteiger partial charge in [-0.2, -0.15) is 0 Å². The van der Waals surface area contributed by atoms with E-state index in [4.69, 9.17) is 0 Å². The van der Waals surface area contributed by atoms with Crippen molar-refractivity contribution in [3.05, 3.63) is 25.5 Å². The van der Waals surface area contributed by atoms with Gasteiger partial charge in [-0.25, -0.2) is 0 Å². The summed E-state index contributed by atoms with van der Waals surface area (Å²) < 4.78 is 0. The van der Waals surface area contributed by atoms with Gasteiger partial charge in [0.1, 0.15) is 0 Å². The third kappa shape index (κ3) is 14.9. The number of rotatable bonds is 9. The van der Waals surface area contributed by atoms with Crippen LogP contribution in [-0.4, -0.2) is 0 Å². The minimum atomic E-state index is 1.09. The predicted molar refractivity (Wildman–Crippen MR) is 77.0 cm³/mol. The van der Waals surface area contributed by atoms with Crippen molar-refractivity contribution in [2.45, 2.75) is 58.3 Å². The summed E-state index contributed by atoms with van der Waals surface area (Å²) in [5.41, 5.74) is 0. The van der Waals surface area contributed by atoms with E-state index in [9.17, 15) is 0 Å². The Hall–Kier alpha value is -1.14. The molecule has 0 atom stereocenters. The van der Waals surface area contributed by atoms with Crippen LogP contribution in [0.2, 0.25) is 0 Å². The van der Waals surface area contributed by atoms with Gasteiger partial charge in [-0.1, -0.05) is 69.8 Å². The smallest absolute Gasteiger partial charge is 0.0563 e. The molecule has 0 fully saturated rings. The molecular weight excluding hydrogens is 204 g/mol. The molecule has 17 heavy (non-hydrogen) atoms. The standard InChI is InChI=1S/C17H24/c1-3-5-7-9-11-13-15-17-16-14-12-10-8-6-4-2/h3,5,15H,1,4,6,8,10,12,14,16-17H2,2H3. The van der Waals surface area contributed by atoms with Gasteiger partial charge in [-0.05, 0) is 18.3 Å². The Morgan fingerprint density at radius 1 is 0.882 bits per heavy atom. The fraction of sp³-hybridized carbons (Fsp3) is 0.529. The molecule has 92 valence electrons. The third-order valence-corrected chi connectivity index (χ3v) is 2.46. The largest absolute Gasteiger partial charge is 0.102 e. The van der Waals surface area contributed by atoms with Crippen LogP contribution in [0.25, 0.3) is 0 Å². The second-order valence-corrected chi connectivity index (χ2v) is 4.06. The summed E-state index contributed by atoms with van der Waals surface area (Å²) in [6.07, 6.45) is 15.9. The summed E-state index contributed by atoms with van der Waals surface area (Å²) in [4.78, 5) is 0. The molecular formula is C17H24. The van der Waals surface area contributed by atoms with Crippen LogP contribution in [0.3, 0.4) is 0 Å². The lowest BCUT2D eigenvalue weighted by atomic mass is 10.1. The van der Waals surface area contributed by atoms with E-state index in [1.54, 1.807) is 12.5 Å². The molecule has 0 heteroatoms. The number of hydrogen-bond acceptors (Lipinski definition) is 0. The van der Waals surface area contributed by atoms with E-state index >= 15 is 0 Å². The van der Waals surface area contributed by atoms with Crippen LogP contribution < -0.4 is 0 Å². The molecule has 0 saturated heterocycles. The average molecular weight is 228 g/mol. The van der Waals surface area contributed by atoms with Crippen molar-refractivity contribution in [2.24, 2.45) is 0 Å². The highest BCUT2D eigenvalue weighted by Crippen LogP contribution is 2.08. The van der Waals surface area contributed by atoms with E-state index < -0.39 is 0 Å². The van der Waals surface area contributed by atoms with Crippen molar-refractivity contribution in [1.82, 2.24) is 0 Å². The summed E-state index contributed by atoms with van der Waals surface area (Å²) in [7, 11) is 0. The fourth-order valence-electron chi connectivity index (χ4n) is 1.50. The summed E-state index contributed by atoms with van der Waals surface area (Å²) in [6, 6.07) is 0. The number of allylic oxidation sites excluding steroid dienone is 1. The fourth-order valence-corrected chi connectivity index (χ4v) is 1.50. The van der Waals surface area contributed by atoms with Crippen LogP contribution in [0, 0.1) is 36.5 Å². The van der Waals surface area contributed by atoms with Gasteiger partial charge in [-0.15, -0.1) is 6.58 Å². The quantitative estimate of drug-likeness (QED) is 0.395. The van der Waals surface area contributed by atoms with Crippen LogP contribution in [-0.2, 0) is 0 Å². The minimum Gasteiger partial charge on any atom is -0.102 e. The molecule has 0 bridgehead atoms. The van der Waals surface area contributed by atoms with Crippen molar-refractivity contribution in [3.8, 4) is 23.7 Å². The highest BCUT2D eigenvalue weighted by Gasteiger charge is 1.90. The molecule has 0 aromatic carbocycles. The Bertz CT molecular complexity index is 277. The molecule has 0 aromatic heterocycles. The van der Waals surface area contributed by atoms with Crippen molar-refractivity contribution in [2.75, 3.05) is 0 Å². The zero-order valence-corrected chi connectivity index (χ0v) is 11.1. The third-order valence-electron chi connectivity index (χ3n) is 2.46. The first kappa shape index (κ1) is 15.9. The zero-order chi connectivity index (χ0) is 12.6. The van der Waals surface area contributed by atoms with Crippen LogP contribution in [0.15, 0.2) is 12.7 Å². The summed E-state index contributed by atoms with van der Waals surface area (Å²) in [5, 5.41) is 0. The maximum atomic E-state index is 3.54. The van der Waals surface area contributed by atoms with E-state index in [0.717, 1.165) is 6.42 Å². The lowest BCUT2D eigenvalue weighted by Gasteiger charge is -1.98. The SMILES string of the molecule is C=C[CH]C#CC#C[CH]CCCCCCCCC. The van der Waals surface area contributed by atoms with Gasteiger partial charge in [0.2, 0.25) is 0 Å². The minimum absolute atomic E-state index is 1.09.